The Labute approximate surface area is 356 Å². The molecule has 6 nitrogen and oxygen atoms in total. The Balaban J connectivity index is 4.17. The third kappa shape index (κ3) is 38.8. The second-order valence-electron chi connectivity index (χ2n) is 18.1. The lowest BCUT2D eigenvalue weighted by molar-refractivity contribution is -0.145. The van der Waals surface area contributed by atoms with Crippen molar-refractivity contribution < 1.29 is 23.8 Å². The van der Waals surface area contributed by atoms with Gasteiger partial charge in [0.15, 0.2) is 0 Å². The minimum Gasteiger partial charge on any atom is -0.466 e. The summed E-state index contributed by atoms with van der Waals surface area (Å²) in [6.07, 6.45) is 40.4. The number of esters is 2. The number of nitrogens with zero attached hydrogens (tertiary/aromatic N) is 1. The van der Waals surface area contributed by atoms with E-state index < -0.39 is 0 Å². The molecule has 57 heavy (non-hydrogen) atoms. The van der Waals surface area contributed by atoms with Crippen LogP contribution in [0.3, 0.4) is 0 Å². The van der Waals surface area contributed by atoms with Gasteiger partial charge in [-0.15, -0.1) is 0 Å². The Hall–Kier alpha value is -1.14. The van der Waals surface area contributed by atoms with Gasteiger partial charge in [0.05, 0.1) is 19.3 Å². The lowest BCUT2D eigenvalue weighted by Crippen LogP contribution is -2.27. The highest BCUT2D eigenvalue weighted by Gasteiger charge is 2.13. The summed E-state index contributed by atoms with van der Waals surface area (Å²) in [6.45, 7) is 16.8. The number of ether oxygens (including phenoxy) is 3. The Morgan fingerprint density at radius 1 is 0.421 bits per heavy atom. The first kappa shape index (κ1) is 55.9. The van der Waals surface area contributed by atoms with Gasteiger partial charge in [0.25, 0.3) is 0 Å². The van der Waals surface area contributed by atoms with Gasteiger partial charge in [-0.25, -0.2) is 0 Å². The molecule has 0 rings (SSSR count). The van der Waals surface area contributed by atoms with Crippen LogP contribution < -0.4 is 0 Å². The standard InChI is InChI=1S/C51H101NO5/c1-8-12-32-47(33-13-9-2)40-44-56-50(53)38-28-24-20-16-18-22-26-36-49(55-43-31-30-42-52(7)46(5)6)37-27-23-19-17-21-25-29-39-51(54)57-45-41-48(34-14-10-3)35-15-11-4/h46-49H,8-45H2,1-7H3. The molecule has 0 aliphatic carbocycles. The summed E-state index contributed by atoms with van der Waals surface area (Å²) in [4.78, 5) is 27.0. The average molecular weight is 808 g/mol. The zero-order valence-electron chi connectivity index (χ0n) is 39.7. The summed E-state index contributed by atoms with van der Waals surface area (Å²) in [6, 6.07) is 0.600. The fourth-order valence-corrected chi connectivity index (χ4v) is 7.99. The van der Waals surface area contributed by atoms with Crippen LogP contribution >= 0.6 is 0 Å². The number of carbonyl (C=O) groups is 2. The molecule has 0 heterocycles. The monoisotopic (exact) mass is 808 g/mol. The van der Waals surface area contributed by atoms with Crippen LogP contribution in [0.15, 0.2) is 0 Å². The Kier molecular flexibility index (Phi) is 42.1. The van der Waals surface area contributed by atoms with Crippen LogP contribution in [0.4, 0.5) is 0 Å². The molecule has 0 radical (unpaired) electrons. The molecular formula is C51H101NO5. The highest BCUT2D eigenvalue weighted by molar-refractivity contribution is 5.69. The summed E-state index contributed by atoms with van der Waals surface area (Å²) in [5.41, 5.74) is 0. The summed E-state index contributed by atoms with van der Waals surface area (Å²) >= 11 is 0. The van der Waals surface area contributed by atoms with Crippen LogP contribution in [-0.4, -0.2) is 62.4 Å². The smallest absolute Gasteiger partial charge is 0.305 e. The third-order valence-electron chi connectivity index (χ3n) is 12.4. The van der Waals surface area contributed by atoms with Gasteiger partial charge in [0.2, 0.25) is 0 Å². The van der Waals surface area contributed by atoms with Crippen molar-refractivity contribution in [3.8, 4) is 0 Å². The van der Waals surface area contributed by atoms with E-state index >= 15 is 0 Å². The van der Waals surface area contributed by atoms with Crippen molar-refractivity contribution in [3.05, 3.63) is 0 Å². The number of carbonyl (C=O) groups excluding carboxylic acids is 2. The molecular weight excluding hydrogens is 707 g/mol. The van der Waals surface area contributed by atoms with Gasteiger partial charge in [-0.1, -0.05) is 182 Å². The van der Waals surface area contributed by atoms with Crippen molar-refractivity contribution in [2.45, 2.75) is 272 Å². The van der Waals surface area contributed by atoms with E-state index in [1.807, 2.05) is 0 Å². The molecule has 0 aromatic carbocycles. The van der Waals surface area contributed by atoms with Crippen molar-refractivity contribution >= 4 is 11.9 Å². The number of hydrogen-bond donors (Lipinski definition) is 0. The quantitative estimate of drug-likeness (QED) is 0.0451. The molecule has 340 valence electrons. The van der Waals surface area contributed by atoms with Gasteiger partial charge >= 0.3 is 11.9 Å². The van der Waals surface area contributed by atoms with E-state index in [1.54, 1.807) is 0 Å². The lowest BCUT2D eigenvalue weighted by atomic mass is 9.93. The van der Waals surface area contributed by atoms with Gasteiger partial charge in [-0.2, -0.15) is 0 Å². The van der Waals surface area contributed by atoms with Crippen LogP contribution in [0, 0.1) is 11.8 Å². The molecule has 0 amide bonds. The largest absolute Gasteiger partial charge is 0.466 e. The summed E-state index contributed by atoms with van der Waals surface area (Å²) in [7, 11) is 2.22. The van der Waals surface area contributed by atoms with Crippen LogP contribution in [0.25, 0.3) is 0 Å². The van der Waals surface area contributed by atoms with Crippen LogP contribution in [0.2, 0.25) is 0 Å². The van der Waals surface area contributed by atoms with E-state index in [0.29, 0.717) is 38.2 Å². The highest BCUT2D eigenvalue weighted by atomic mass is 16.5. The fraction of sp³-hybridized carbons (Fsp3) is 0.961. The van der Waals surface area contributed by atoms with E-state index in [-0.39, 0.29) is 11.9 Å². The van der Waals surface area contributed by atoms with E-state index in [2.05, 4.69) is 53.5 Å². The van der Waals surface area contributed by atoms with Crippen LogP contribution in [-0.2, 0) is 23.8 Å². The normalized spacial score (nSPS) is 11.9. The first-order chi connectivity index (χ1) is 27.8. The molecule has 0 saturated heterocycles. The molecule has 0 unspecified atom stereocenters. The number of rotatable bonds is 45. The summed E-state index contributed by atoms with van der Waals surface area (Å²) < 4.78 is 17.7. The lowest BCUT2D eigenvalue weighted by Gasteiger charge is -2.21. The van der Waals surface area contributed by atoms with Gasteiger partial charge in [0, 0.05) is 25.5 Å². The molecule has 0 spiro atoms. The van der Waals surface area contributed by atoms with E-state index in [4.69, 9.17) is 14.2 Å². The minimum absolute atomic E-state index is 0.00546. The molecule has 0 atom stereocenters. The molecule has 0 saturated carbocycles. The topological polar surface area (TPSA) is 65.1 Å². The second kappa shape index (κ2) is 43.0. The van der Waals surface area contributed by atoms with Crippen molar-refractivity contribution in [2.75, 3.05) is 33.4 Å². The predicted octanol–water partition coefficient (Wildman–Crippen LogP) is 15.4. The Bertz CT molecular complexity index is 777. The molecule has 0 fully saturated rings. The van der Waals surface area contributed by atoms with Gasteiger partial charge in [0.1, 0.15) is 0 Å². The maximum absolute atomic E-state index is 12.3. The molecule has 0 aromatic rings. The predicted molar refractivity (Wildman–Crippen MR) is 246 cm³/mol. The Morgan fingerprint density at radius 3 is 1.16 bits per heavy atom. The zero-order valence-corrected chi connectivity index (χ0v) is 39.7. The molecule has 0 aliphatic rings. The SMILES string of the molecule is CCCCC(CCCC)CCOC(=O)CCCCCCCCCC(CCCCCCCCCC(=O)OCCC(CCCC)CCCC)OCCCCN(C)C(C)C. The molecule has 0 N–H and O–H groups in total. The Morgan fingerprint density at radius 2 is 0.789 bits per heavy atom. The van der Waals surface area contributed by atoms with Crippen molar-refractivity contribution in [1.29, 1.82) is 0 Å². The van der Waals surface area contributed by atoms with Crippen LogP contribution in [0.5, 0.6) is 0 Å². The van der Waals surface area contributed by atoms with Crippen molar-refractivity contribution in [2.24, 2.45) is 11.8 Å². The van der Waals surface area contributed by atoms with E-state index in [1.165, 1.54) is 161 Å². The maximum Gasteiger partial charge on any atom is 0.305 e. The highest BCUT2D eigenvalue weighted by Crippen LogP contribution is 2.22. The van der Waals surface area contributed by atoms with Crippen molar-refractivity contribution in [3.63, 3.8) is 0 Å². The number of unbranched alkanes of at least 4 members (excludes halogenated alkanes) is 17. The number of hydrogen-bond acceptors (Lipinski definition) is 6. The second-order valence-corrected chi connectivity index (χ2v) is 18.1. The van der Waals surface area contributed by atoms with Gasteiger partial charge in [-0.3, -0.25) is 9.59 Å². The summed E-state index contributed by atoms with van der Waals surface area (Å²) in [5.74, 6) is 1.45. The molecule has 6 heteroatoms. The fourth-order valence-electron chi connectivity index (χ4n) is 7.99. The molecule has 0 aliphatic heterocycles. The first-order valence-corrected chi connectivity index (χ1v) is 25.4. The summed E-state index contributed by atoms with van der Waals surface area (Å²) in [5, 5.41) is 0. The molecule has 0 bridgehead atoms. The molecule has 0 aromatic heterocycles. The van der Waals surface area contributed by atoms with Crippen LogP contribution in [0.1, 0.15) is 260 Å². The van der Waals surface area contributed by atoms with Gasteiger partial charge < -0.3 is 19.1 Å². The van der Waals surface area contributed by atoms with E-state index in [0.717, 1.165) is 69.9 Å². The van der Waals surface area contributed by atoms with E-state index in [9.17, 15) is 9.59 Å². The van der Waals surface area contributed by atoms with Crippen molar-refractivity contribution in [1.82, 2.24) is 4.90 Å². The maximum atomic E-state index is 12.3. The van der Waals surface area contributed by atoms with Gasteiger partial charge in [-0.05, 0) is 90.6 Å². The third-order valence-corrected chi connectivity index (χ3v) is 12.4. The average Bonchev–Trinajstić information content (AvgIpc) is 3.20. The first-order valence-electron chi connectivity index (χ1n) is 25.4. The minimum atomic E-state index is 0.00546. The zero-order chi connectivity index (χ0) is 42.0.